The normalized spacial score (nSPS) is 11.2. The number of benzene rings is 2. The van der Waals surface area contributed by atoms with Crippen LogP contribution in [-0.2, 0) is 24.4 Å². The number of fused-ring (bicyclic) bond motifs is 1. The van der Waals surface area contributed by atoms with Crippen molar-refractivity contribution in [1.82, 2.24) is 14.0 Å². The number of aromatic nitrogens is 2. The van der Waals surface area contributed by atoms with Crippen molar-refractivity contribution >= 4 is 16.9 Å². The average Bonchev–Trinajstić information content (AvgIpc) is 2.94. The van der Waals surface area contributed by atoms with Gasteiger partial charge in [0.05, 0.1) is 11.0 Å². The molecule has 0 spiro atoms. The van der Waals surface area contributed by atoms with Crippen LogP contribution >= 0.6 is 0 Å². The van der Waals surface area contributed by atoms with Crippen LogP contribution in [0.1, 0.15) is 12.5 Å². The van der Waals surface area contributed by atoms with Crippen molar-refractivity contribution in [3.05, 3.63) is 64.6 Å². The molecule has 8 heteroatoms. The summed E-state index contributed by atoms with van der Waals surface area (Å²) in [6, 6.07) is 13.5. The van der Waals surface area contributed by atoms with Crippen molar-refractivity contribution in [3.8, 4) is 5.75 Å². The van der Waals surface area contributed by atoms with E-state index >= 15 is 0 Å². The maximum Gasteiger partial charge on any atom is 0.387 e. The van der Waals surface area contributed by atoms with Gasteiger partial charge in [-0.05, 0) is 36.8 Å². The van der Waals surface area contributed by atoms with E-state index in [1.165, 1.54) is 21.6 Å². The van der Waals surface area contributed by atoms with Crippen molar-refractivity contribution in [2.75, 3.05) is 7.05 Å². The van der Waals surface area contributed by atoms with Gasteiger partial charge in [0.15, 0.2) is 0 Å². The second kappa shape index (κ2) is 8.24. The van der Waals surface area contributed by atoms with Crippen LogP contribution in [-0.4, -0.2) is 33.6 Å². The summed E-state index contributed by atoms with van der Waals surface area (Å²) in [7, 11) is 1.63. The lowest BCUT2D eigenvalue weighted by Crippen LogP contribution is -2.34. The minimum absolute atomic E-state index is 0.0617. The van der Waals surface area contributed by atoms with E-state index in [9.17, 15) is 18.4 Å². The maximum absolute atomic E-state index is 12.7. The van der Waals surface area contributed by atoms with E-state index in [4.69, 9.17) is 0 Å². The molecule has 0 aliphatic rings. The third-order valence-electron chi connectivity index (χ3n) is 4.53. The molecule has 1 aromatic heterocycles. The van der Waals surface area contributed by atoms with Gasteiger partial charge in [-0.2, -0.15) is 8.78 Å². The molecule has 0 N–H and O–H groups in total. The Morgan fingerprint density at radius 2 is 1.68 bits per heavy atom. The number of hydrogen-bond donors (Lipinski definition) is 0. The van der Waals surface area contributed by atoms with E-state index in [1.807, 2.05) is 31.2 Å². The highest BCUT2D eigenvalue weighted by molar-refractivity contribution is 5.80. The Bertz CT molecular complexity index is 1030. The lowest BCUT2D eigenvalue weighted by atomic mass is 10.2. The summed E-state index contributed by atoms with van der Waals surface area (Å²) in [6.45, 7) is -0.264. The fourth-order valence-electron chi connectivity index (χ4n) is 3.13. The monoisotopic (exact) mass is 389 g/mol. The lowest BCUT2D eigenvalue weighted by Gasteiger charge is -2.18. The third kappa shape index (κ3) is 4.05. The molecule has 28 heavy (non-hydrogen) atoms. The summed E-state index contributed by atoms with van der Waals surface area (Å²) >= 11 is 0. The molecule has 0 aliphatic carbocycles. The Hall–Kier alpha value is -3.16. The van der Waals surface area contributed by atoms with Gasteiger partial charge in [-0.25, -0.2) is 4.79 Å². The Kier molecular flexibility index (Phi) is 5.77. The number of alkyl halides is 2. The standard InChI is InChI=1S/C20H21F2N3O3/c1-3-24-16-6-4-5-7-17(16)25(20(24)27)13-18(26)23(2)12-14-8-10-15(11-9-14)28-19(21)22/h4-11,19H,3,12-13H2,1-2H3. The zero-order valence-electron chi connectivity index (χ0n) is 15.6. The van der Waals surface area contributed by atoms with Gasteiger partial charge in [-0.15, -0.1) is 0 Å². The third-order valence-corrected chi connectivity index (χ3v) is 4.53. The predicted octanol–water partition coefficient (Wildman–Crippen LogP) is 3.08. The quantitative estimate of drug-likeness (QED) is 0.624. The molecule has 2 aromatic carbocycles. The number of carbonyl (C=O) groups is 1. The fourth-order valence-corrected chi connectivity index (χ4v) is 3.13. The number of para-hydroxylation sites is 2. The molecule has 0 atom stereocenters. The molecule has 0 fully saturated rings. The molecular formula is C20H21F2N3O3. The maximum atomic E-state index is 12.7. The molecule has 148 valence electrons. The van der Waals surface area contributed by atoms with E-state index in [1.54, 1.807) is 23.7 Å². The second-order valence-electron chi connectivity index (χ2n) is 6.37. The van der Waals surface area contributed by atoms with Crippen LogP contribution in [0.4, 0.5) is 8.78 Å². The number of nitrogens with zero attached hydrogens (tertiary/aromatic N) is 3. The Morgan fingerprint density at radius 3 is 2.25 bits per heavy atom. The summed E-state index contributed by atoms with van der Waals surface area (Å²) in [5.74, 6) is -0.166. The van der Waals surface area contributed by atoms with Crippen molar-refractivity contribution in [3.63, 3.8) is 0 Å². The molecule has 3 aromatic rings. The topological polar surface area (TPSA) is 56.5 Å². The molecular weight excluding hydrogens is 368 g/mol. The average molecular weight is 389 g/mol. The van der Waals surface area contributed by atoms with Gasteiger partial charge < -0.3 is 9.64 Å². The second-order valence-corrected chi connectivity index (χ2v) is 6.37. The van der Waals surface area contributed by atoms with Crippen molar-refractivity contribution in [1.29, 1.82) is 0 Å². The molecule has 0 radical (unpaired) electrons. The highest BCUT2D eigenvalue weighted by Gasteiger charge is 2.17. The van der Waals surface area contributed by atoms with E-state index in [-0.39, 0.29) is 30.4 Å². The smallest absolute Gasteiger partial charge is 0.387 e. The Balaban J connectivity index is 1.74. The van der Waals surface area contributed by atoms with Crippen LogP contribution in [0.25, 0.3) is 11.0 Å². The summed E-state index contributed by atoms with van der Waals surface area (Å²) in [5, 5.41) is 0. The van der Waals surface area contributed by atoms with Gasteiger partial charge >= 0.3 is 12.3 Å². The summed E-state index contributed by atoms with van der Waals surface area (Å²) < 4.78 is 31.8. The number of hydrogen-bond acceptors (Lipinski definition) is 3. The van der Waals surface area contributed by atoms with Gasteiger partial charge in [-0.3, -0.25) is 13.9 Å². The first kappa shape index (κ1) is 19.6. The number of rotatable bonds is 7. The lowest BCUT2D eigenvalue weighted by molar-refractivity contribution is -0.131. The Labute approximate surface area is 160 Å². The number of likely N-dealkylation sites (N-methyl/N-ethyl adjacent to an activating group) is 1. The van der Waals surface area contributed by atoms with Gasteiger partial charge in [0, 0.05) is 20.1 Å². The minimum Gasteiger partial charge on any atom is -0.435 e. The van der Waals surface area contributed by atoms with Crippen molar-refractivity contribution in [2.24, 2.45) is 0 Å². The van der Waals surface area contributed by atoms with Crippen LogP contribution in [0, 0.1) is 0 Å². The van der Waals surface area contributed by atoms with Crippen LogP contribution in [0.5, 0.6) is 5.75 Å². The van der Waals surface area contributed by atoms with Crippen LogP contribution in [0.2, 0.25) is 0 Å². The Morgan fingerprint density at radius 1 is 1.07 bits per heavy atom. The largest absolute Gasteiger partial charge is 0.435 e. The number of amides is 1. The predicted molar refractivity (Wildman–Crippen MR) is 101 cm³/mol. The van der Waals surface area contributed by atoms with E-state index in [0.29, 0.717) is 12.1 Å². The van der Waals surface area contributed by atoms with Crippen molar-refractivity contribution in [2.45, 2.75) is 33.2 Å². The molecule has 0 saturated heterocycles. The van der Waals surface area contributed by atoms with Gasteiger partial charge in [0.1, 0.15) is 12.3 Å². The first-order valence-corrected chi connectivity index (χ1v) is 8.86. The van der Waals surface area contributed by atoms with E-state index < -0.39 is 6.61 Å². The summed E-state index contributed by atoms with van der Waals surface area (Å²) in [4.78, 5) is 26.8. The van der Waals surface area contributed by atoms with Crippen molar-refractivity contribution < 1.29 is 18.3 Å². The number of ether oxygens (including phenoxy) is 1. The number of carbonyl (C=O) groups excluding carboxylic acids is 1. The SMILES string of the molecule is CCn1c(=O)n(CC(=O)N(C)Cc2ccc(OC(F)F)cc2)c2ccccc21. The zero-order valence-corrected chi connectivity index (χ0v) is 15.6. The molecule has 0 saturated carbocycles. The molecule has 1 amide bonds. The van der Waals surface area contributed by atoms with Gasteiger partial charge in [0.2, 0.25) is 5.91 Å². The van der Waals surface area contributed by atoms with Crippen LogP contribution in [0.15, 0.2) is 53.3 Å². The van der Waals surface area contributed by atoms with E-state index in [2.05, 4.69) is 4.74 Å². The van der Waals surface area contributed by atoms with Gasteiger partial charge in [-0.1, -0.05) is 24.3 Å². The fraction of sp³-hybridized carbons (Fsp3) is 0.300. The molecule has 3 rings (SSSR count). The molecule has 6 nitrogen and oxygen atoms in total. The van der Waals surface area contributed by atoms with E-state index in [0.717, 1.165) is 11.1 Å². The van der Waals surface area contributed by atoms with Crippen LogP contribution < -0.4 is 10.4 Å². The van der Waals surface area contributed by atoms with Gasteiger partial charge in [0.25, 0.3) is 0 Å². The number of halogens is 2. The first-order chi connectivity index (χ1) is 13.4. The number of aryl methyl sites for hydroxylation is 1. The summed E-state index contributed by atoms with van der Waals surface area (Å²) in [6.07, 6.45) is 0. The van der Waals surface area contributed by atoms with Crippen LogP contribution in [0.3, 0.4) is 0 Å². The highest BCUT2D eigenvalue weighted by Crippen LogP contribution is 2.16. The first-order valence-electron chi connectivity index (χ1n) is 8.86. The molecule has 1 heterocycles. The molecule has 0 aliphatic heterocycles. The highest BCUT2D eigenvalue weighted by atomic mass is 19.3. The zero-order chi connectivity index (χ0) is 20.3. The summed E-state index contributed by atoms with van der Waals surface area (Å²) in [5.41, 5.74) is 2.05. The molecule has 0 unspecified atom stereocenters. The minimum atomic E-state index is -2.88. The number of imidazole rings is 1. The molecule has 0 bridgehead atoms.